The summed E-state index contributed by atoms with van der Waals surface area (Å²) in [5.41, 5.74) is 4.20. The topological polar surface area (TPSA) is 29.9 Å². The van der Waals surface area contributed by atoms with E-state index < -0.39 is 0 Å². The van der Waals surface area contributed by atoms with E-state index in [-0.39, 0.29) is 12.4 Å². The number of nitrogens with zero attached hydrogens (tertiary/aromatic N) is 2. The number of halogens is 1. The second kappa shape index (κ2) is 6.41. The summed E-state index contributed by atoms with van der Waals surface area (Å²) < 4.78 is 1.97. The molecule has 0 unspecified atom stereocenters. The van der Waals surface area contributed by atoms with Gasteiger partial charge >= 0.3 is 0 Å². The first-order chi connectivity index (χ1) is 7.31. The van der Waals surface area contributed by atoms with Gasteiger partial charge in [0.2, 0.25) is 0 Å². The van der Waals surface area contributed by atoms with Crippen LogP contribution in [0.3, 0.4) is 0 Å². The van der Waals surface area contributed by atoms with E-state index in [0.717, 1.165) is 25.2 Å². The largest absolute Gasteiger partial charge is 0.316 e. The van der Waals surface area contributed by atoms with Crippen LogP contribution in [0.1, 0.15) is 37.7 Å². The summed E-state index contributed by atoms with van der Waals surface area (Å²) in [7, 11) is 2.01. The molecule has 0 bridgehead atoms. The number of rotatable bonds is 4. The van der Waals surface area contributed by atoms with E-state index in [1.165, 1.54) is 11.3 Å². The molecule has 0 fully saturated rings. The minimum Gasteiger partial charge on any atom is -0.316 e. The highest BCUT2D eigenvalue weighted by molar-refractivity contribution is 5.85. The molecule has 17 heavy (non-hydrogen) atoms. The number of nitrogens with one attached hydrogen (secondary N) is 1. The van der Waals surface area contributed by atoms with Gasteiger partial charge in [0.05, 0.1) is 5.69 Å². The van der Waals surface area contributed by atoms with Crippen molar-refractivity contribution in [1.82, 2.24) is 15.1 Å². The molecule has 1 aromatic rings. The van der Waals surface area contributed by atoms with Crippen LogP contribution in [-0.4, -0.2) is 22.9 Å². The van der Waals surface area contributed by atoms with Gasteiger partial charge in [0.25, 0.3) is 0 Å². The van der Waals surface area contributed by atoms with Crippen molar-refractivity contribution in [2.24, 2.45) is 12.5 Å². The summed E-state index contributed by atoms with van der Waals surface area (Å²) in [5, 5.41) is 7.93. The molecule has 0 aliphatic carbocycles. The van der Waals surface area contributed by atoms with E-state index in [1.807, 2.05) is 11.7 Å². The van der Waals surface area contributed by atoms with Gasteiger partial charge in [-0.2, -0.15) is 5.10 Å². The molecule has 0 radical (unpaired) electrons. The summed E-state index contributed by atoms with van der Waals surface area (Å²) in [6, 6.07) is 0. The molecule has 0 saturated heterocycles. The van der Waals surface area contributed by atoms with Crippen LogP contribution in [0.5, 0.6) is 0 Å². The predicted octanol–water partition coefficient (Wildman–Crippen LogP) is 2.64. The molecule has 4 heteroatoms. The smallest absolute Gasteiger partial charge is 0.0628 e. The molecule has 1 aromatic heterocycles. The maximum atomic E-state index is 4.43. The van der Waals surface area contributed by atoms with E-state index in [4.69, 9.17) is 0 Å². The third-order valence-corrected chi connectivity index (χ3v) is 2.87. The molecule has 0 atom stereocenters. The van der Waals surface area contributed by atoms with E-state index in [1.54, 1.807) is 0 Å². The van der Waals surface area contributed by atoms with Crippen LogP contribution >= 0.6 is 12.4 Å². The molecule has 100 valence electrons. The first-order valence-corrected chi connectivity index (χ1v) is 6.01. The fourth-order valence-electron chi connectivity index (χ4n) is 1.86. The van der Waals surface area contributed by atoms with E-state index in [0.29, 0.717) is 5.41 Å². The van der Waals surface area contributed by atoms with Gasteiger partial charge in [-0.1, -0.05) is 20.8 Å². The third-order valence-electron chi connectivity index (χ3n) is 2.87. The van der Waals surface area contributed by atoms with Crippen molar-refractivity contribution in [1.29, 1.82) is 0 Å². The van der Waals surface area contributed by atoms with Gasteiger partial charge in [-0.05, 0) is 37.8 Å². The van der Waals surface area contributed by atoms with Crippen LogP contribution in [0.15, 0.2) is 0 Å². The maximum absolute atomic E-state index is 4.43. The van der Waals surface area contributed by atoms with Crippen LogP contribution in [0.2, 0.25) is 0 Å². The average molecular weight is 260 g/mol. The Labute approximate surface area is 111 Å². The van der Waals surface area contributed by atoms with E-state index in [2.05, 4.69) is 45.0 Å². The number of hydrogen-bond donors (Lipinski definition) is 1. The van der Waals surface area contributed by atoms with E-state index in [9.17, 15) is 0 Å². The van der Waals surface area contributed by atoms with Crippen molar-refractivity contribution in [3.63, 3.8) is 0 Å². The molecule has 0 amide bonds. The van der Waals surface area contributed by atoms with Crippen molar-refractivity contribution < 1.29 is 0 Å². The maximum Gasteiger partial charge on any atom is 0.0628 e. The Kier molecular flexibility index (Phi) is 6.20. The highest BCUT2D eigenvalue weighted by Crippen LogP contribution is 2.13. The van der Waals surface area contributed by atoms with Crippen LogP contribution in [0.25, 0.3) is 0 Å². The molecule has 0 saturated carbocycles. The number of aryl methyl sites for hydroxylation is 2. The van der Waals surface area contributed by atoms with Gasteiger partial charge in [0.1, 0.15) is 0 Å². The molecule has 1 heterocycles. The summed E-state index contributed by atoms with van der Waals surface area (Å²) in [5.74, 6) is 0. The average Bonchev–Trinajstić information content (AvgIpc) is 2.36. The molecule has 0 aromatic carbocycles. The molecule has 1 N–H and O–H groups in total. The van der Waals surface area contributed by atoms with Gasteiger partial charge in [-0.3, -0.25) is 4.68 Å². The molecule has 0 aliphatic rings. The molecular weight excluding hydrogens is 234 g/mol. The van der Waals surface area contributed by atoms with Crippen LogP contribution in [0.4, 0.5) is 0 Å². The molecule has 0 aliphatic heterocycles. The zero-order chi connectivity index (χ0) is 12.3. The predicted molar refractivity (Wildman–Crippen MR) is 76.0 cm³/mol. The van der Waals surface area contributed by atoms with Gasteiger partial charge in [-0.15, -0.1) is 12.4 Å². The van der Waals surface area contributed by atoms with Crippen LogP contribution < -0.4 is 5.32 Å². The Hall–Kier alpha value is -0.540. The standard InChI is InChI=1S/C13H25N3.ClH/c1-10-12(11(2)16(6)15-10)7-8-14-9-13(3,4)5;/h14H,7-9H2,1-6H3;1H. The first-order valence-electron chi connectivity index (χ1n) is 6.01. The second-order valence-electron chi connectivity index (χ2n) is 5.76. The van der Waals surface area contributed by atoms with Gasteiger partial charge in [0.15, 0.2) is 0 Å². The second-order valence-corrected chi connectivity index (χ2v) is 5.76. The first kappa shape index (κ1) is 16.5. The Balaban J connectivity index is 0.00000256. The Morgan fingerprint density at radius 2 is 1.82 bits per heavy atom. The highest BCUT2D eigenvalue weighted by atomic mass is 35.5. The van der Waals surface area contributed by atoms with Crippen LogP contribution in [-0.2, 0) is 13.5 Å². The van der Waals surface area contributed by atoms with Gasteiger partial charge in [0, 0.05) is 19.3 Å². The van der Waals surface area contributed by atoms with Crippen LogP contribution in [0, 0.1) is 19.3 Å². The molecule has 1 rings (SSSR count). The molecule has 3 nitrogen and oxygen atoms in total. The molecular formula is C13H26ClN3. The Bertz CT molecular complexity index is 350. The van der Waals surface area contributed by atoms with Crippen molar-refractivity contribution in [2.45, 2.75) is 41.0 Å². The van der Waals surface area contributed by atoms with Crippen molar-refractivity contribution in [3.05, 3.63) is 17.0 Å². The van der Waals surface area contributed by atoms with Crippen molar-refractivity contribution in [3.8, 4) is 0 Å². The lowest BCUT2D eigenvalue weighted by atomic mass is 9.97. The minimum absolute atomic E-state index is 0. The van der Waals surface area contributed by atoms with E-state index >= 15 is 0 Å². The summed E-state index contributed by atoms with van der Waals surface area (Å²) in [6.45, 7) is 13.1. The van der Waals surface area contributed by atoms with Crippen molar-refractivity contribution >= 4 is 12.4 Å². The van der Waals surface area contributed by atoms with Gasteiger partial charge < -0.3 is 5.32 Å². The van der Waals surface area contributed by atoms with Crippen molar-refractivity contribution in [2.75, 3.05) is 13.1 Å². The quantitative estimate of drug-likeness (QED) is 0.843. The monoisotopic (exact) mass is 259 g/mol. The lowest BCUT2D eigenvalue weighted by molar-refractivity contribution is 0.381. The summed E-state index contributed by atoms with van der Waals surface area (Å²) in [6.07, 6.45) is 1.07. The fraction of sp³-hybridized carbons (Fsp3) is 0.769. The SMILES string of the molecule is Cc1nn(C)c(C)c1CCNCC(C)(C)C.Cl. The lowest BCUT2D eigenvalue weighted by Crippen LogP contribution is -2.28. The zero-order valence-corrected chi connectivity index (χ0v) is 12.7. The third kappa shape index (κ3) is 5.09. The Morgan fingerprint density at radius 1 is 1.24 bits per heavy atom. The molecule has 0 spiro atoms. The minimum atomic E-state index is 0. The zero-order valence-electron chi connectivity index (χ0n) is 11.9. The lowest BCUT2D eigenvalue weighted by Gasteiger charge is -2.18. The number of hydrogen-bond acceptors (Lipinski definition) is 2. The summed E-state index contributed by atoms with van der Waals surface area (Å²) >= 11 is 0. The summed E-state index contributed by atoms with van der Waals surface area (Å²) in [4.78, 5) is 0. The van der Waals surface area contributed by atoms with Gasteiger partial charge in [-0.25, -0.2) is 0 Å². The number of aromatic nitrogens is 2. The highest BCUT2D eigenvalue weighted by Gasteiger charge is 2.11. The normalized spacial score (nSPS) is 11.4. The fourth-order valence-corrected chi connectivity index (χ4v) is 1.86. The Morgan fingerprint density at radius 3 is 2.24 bits per heavy atom.